The quantitative estimate of drug-likeness (QED) is 0.604. The zero-order valence-corrected chi connectivity index (χ0v) is 10.1. The van der Waals surface area contributed by atoms with E-state index in [4.69, 9.17) is 4.84 Å². The van der Waals surface area contributed by atoms with Gasteiger partial charge >= 0.3 is 0 Å². The molecular formula is C10H18N2OS. The number of thiazole rings is 1. The molecule has 0 saturated carbocycles. The highest BCUT2D eigenvalue weighted by Gasteiger charge is 2.02. The van der Waals surface area contributed by atoms with E-state index in [0.717, 1.165) is 17.3 Å². The van der Waals surface area contributed by atoms with Crippen molar-refractivity contribution in [2.24, 2.45) is 5.92 Å². The van der Waals surface area contributed by atoms with Crippen molar-refractivity contribution < 1.29 is 4.84 Å². The van der Waals surface area contributed by atoms with E-state index in [1.54, 1.807) is 11.3 Å². The van der Waals surface area contributed by atoms with Crippen LogP contribution in [0.25, 0.3) is 0 Å². The molecule has 1 aromatic heterocycles. The van der Waals surface area contributed by atoms with Gasteiger partial charge in [0.1, 0.15) is 5.01 Å². The Morgan fingerprint density at radius 3 is 2.64 bits per heavy atom. The number of nitrogens with one attached hydrogen (secondary N) is 1. The van der Waals surface area contributed by atoms with Crippen LogP contribution in [-0.4, -0.2) is 11.6 Å². The third-order valence-electron chi connectivity index (χ3n) is 1.81. The fraction of sp³-hybridized carbons (Fsp3) is 0.700. The Morgan fingerprint density at radius 1 is 1.43 bits per heavy atom. The summed E-state index contributed by atoms with van der Waals surface area (Å²) in [4.78, 5) is 11.0. The molecule has 0 aliphatic heterocycles. The van der Waals surface area contributed by atoms with Crippen LogP contribution >= 0.6 is 11.3 Å². The molecule has 0 aliphatic carbocycles. The van der Waals surface area contributed by atoms with E-state index in [2.05, 4.69) is 31.2 Å². The summed E-state index contributed by atoms with van der Waals surface area (Å²) < 4.78 is 0. The molecular weight excluding hydrogens is 196 g/mol. The molecule has 14 heavy (non-hydrogen) atoms. The summed E-state index contributed by atoms with van der Waals surface area (Å²) >= 11 is 1.72. The third kappa shape index (κ3) is 3.74. The Labute approximate surface area is 89.5 Å². The van der Waals surface area contributed by atoms with Crippen LogP contribution in [0, 0.1) is 19.8 Å². The van der Waals surface area contributed by atoms with Crippen LogP contribution < -0.4 is 5.48 Å². The normalized spacial score (nSPS) is 11.2. The van der Waals surface area contributed by atoms with Crippen LogP contribution in [0.3, 0.4) is 0 Å². The Balaban J connectivity index is 2.25. The van der Waals surface area contributed by atoms with Gasteiger partial charge in [-0.1, -0.05) is 13.8 Å². The van der Waals surface area contributed by atoms with Gasteiger partial charge in [-0.05, 0) is 19.8 Å². The van der Waals surface area contributed by atoms with E-state index in [0.29, 0.717) is 12.5 Å². The van der Waals surface area contributed by atoms with E-state index in [1.807, 2.05) is 6.92 Å². The summed E-state index contributed by atoms with van der Waals surface area (Å²) in [5.41, 5.74) is 4.04. The lowest BCUT2D eigenvalue weighted by Crippen LogP contribution is -2.17. The second kappa shape index (κ2) is 5.44. The lowest BCUT2D eigenvalue weighted by Gasteiger charge is -2.05. The highest BCUT2D eigenvalue weighted by atomic mass is 32.1. The molecule has 1 rings (SSSR count). The highest BCUT2D eigenvalue weighted by Crippen LogP contribution is 2.15. The standard InChI is InChI=1S/C10H18N2OS/c1-7(2)6-13-11-5-10-12-8(3)9(4)14-10/h7,11H,5-6H2,1-4H3. The van der Waals surface area contributed by atoms with Gasteiger partial charge in [0.25, 0.3) is 0 Å². The van der Waals surface area contributed by atoms with Gasteiger partial charge in [0, 0.05) is 4.88 Å². The summed E-state index contributed by atoms with van der Waals surface area (Å²) in [6, 6.07) is 0. The molecule has 0 unspecified atom stereocenters. The minimum Gasteiger partial charge on any atom is -0.301 e. The number of hydroxylamine groups is 1. The molecule has 0 fully saturated rings. The Bertz CT molecular complexity index is 264. The first-order valence-electron chi connectivity index (χ1n) is 4.87. The van der Waals surface area contributed by atoms with Crippen LogP contribution in [0.4, 0.5) is 0 Å². The molecule has 0 aliphatic rings. The molecule has 0 saturated heterocycles. The molecule has 0 atom stereocenters. The Hall–Kier alpha value is -0.450. The number of nitrogens with zero attached hydrogens (tertiary/aromatic N) is 1. The largest absolute Gasteiger partial charge is 0.301 e. The molecule has 80 valence electrons. The van der Waals surface area contributed by atoms with Crippen molar-refractivity contribution in [3.63, 3.8) is 0 Å². The van der Waals surface area contributed by atoms with E-state index >= 15 is 0 Å². The lowest BCUT2D eigenvalue weighted by molar-refractivity contribution is 0.0196. The summed E-state index contributed by atoms with van der Waals surface area (Å²) in [6.45, 7) is 9.81. The fourth-order valence-electron chi connectivity index (χ4n) is 0.953. The summed E-state index contributed by atoms with van der Waals surface area (Å²) in [5.74, 6) is 0.558. The van der Waals surface area contributed by atoms with Crippen LogP contribution in [-0.2, 0) is 11.4 Å². The van der Waals surface area contributed by atoms with Crippen molar-refractivity contribution in [1.82, 2.24) is 10.5 Å². The maximum Gasteiger partial charge on any atom is 0.109 e. The Kier molecular flexibility index (Phi) is 4.51. The van der Waals surface area contributed by atoms with Gasteiger partial charge in [-0.3, -0.25) is 0 Å². The van der Waals surface area contributed by atoms with Gasteiger partial charge < -0.3 is 4.84 Å². The van der Waals surface area contributed by atoms with E-state index in [-0.39, 0.29) is 0 Å². The van der Waals surface area contributed by atoms with E-state index < -0.39 is 0 Å². The maximum atomic E-state index is 5.26. The number of aryl methyl sites for hydroxylation is 2. The highest BCUT2D eigenvalue weighted by molar-refractivity contribution is 7.11. The summed E-state index contributed by atoms with van der Waals surface area (Å²) in [6.07, 6.45) is 0. The number of hydrogen-bond acceptors (Lipinski definition) is 4. The Morgan fingerprint density at radius 2 is 2.14 bits per heavy atom. The zero-order chi connectivity index (χ0) is 10.6. The monoisotopic (exact) mass is 214 g/mol. The van der Waals surface area contributed by atoms with Crippen molar-refractivity contribution >= 4 is 11.3 Å². The molecule has 0 bridgehead atoms. The topological polar surface area (TPSA) is 34.2 Å². The minimum atomic E-state index is 0.558. The predicted molar refractivity (Wildman–Crippen MR) is 59.2 cm³/mol. The van der Waals surface area contributed by atoms with Gasteiger partial charge in [-0.25, -0.2) is 4.98 Å². The smallest absolute Gasteiger partial charge is 0.109 e. The number of hydrogen-bond donors (Lipinski definition) is 1. The van der Waals surface area contributed by atoms with Crippen molar-refractivity contribution in [3.05, 3.63) is 15.6 Å². The van der Waals surface area contributed by atoms with Crippen LogP contribution in [0.1, 0.15) is 29.4 Å². The molecule has 1 aromatic rings. The maximum absolute atomic E-state index is 5.26. The van der Waals surface area contributed by atoms with Gasteiger partial charge in [-0.2, -0.15) is 5.48 Å². The van der Waals surface area contributed by atoms with E-state index in [9.17, 15) is 0 Å². The molecule has 1 N–H and O–H groups in total. The van der Waals surface area contributed by atoms with Gasteiger partial charge in [-0.15, -0.1) is 11.3 Å². The van der Waals surface area contributed by atoms with Crippen molar-refractivity contribution in [2.45, 2.75) is 34.2 Å². The molecule has 0 aromatic carbocycles. The minimum absolute atomic E-state index is 0.558. The number of aromatic nitrogens is 1. The zero-order valence-electron chi connectivity index (χ0n) is 9.26. The first kappa shape index (κ1) is 11.6. The molecule has 1 heterocycles. The first-order chi connectivity index (χ1) is 6.59. The second-order valence-corrected chi connectivity index (χ2v) is 5.06. The molecule has 4 heteroatoms. The first-order valence-corrected chi connectivity index (χ1v) is 5.68. The van der Waals surface area contributed by atoms with E-state index in [1.165, 1.54) is 4.88 Å². The average Bonchev–Trinajstić information content (AvgIpc) is 2.40. The predicted octanol–water partition coefficient (Wildman–Crippen LogP) is 2.44. The molecule has 0 amide bonds. The summed E-state index contributed by atoms with van der Waals surface area (Å²) in [7, 11) is 0. The summed E-state index contributed by atoms with van der Waals surface area (Å²) in [5, 5.41) is 1.09. The van der Waals surface area contributed by atoms with Crippen LogP contribution in [0.5, 0.6) is 0 Å². The second-order valence-electron chi connectivity index (χ2n) is 3.78. The van der Waals surface area contributed by atoms with Gasteiger partial charge in [0.15, 0.2) is 0 Å². The molecule has 3 nitrogen and oxygen atoms in total. The van der Waals surface area contributed by atoms with Crippen molar-refractivity contribution in [2.75, 3.05) is 6.61 Å². The SMILES string of the molecule is Cc1nc(CNOCC(C)C)sc1C. The van der Waals surface area contributed by atoms with Gasteiger partial charge in [0.2, 0.25) is 0 Å². The third-order valence-corrected chi connectivity index (χ3v) is 2.89. The molecule has 0 spiro atoms. The van der Waals surface area contributed by atoms with Crippen LogP contribution in [0.2, 0.25) is 0 Å². The van der Waals surface area contributed by atoms with Crippen LogP contribution in [0.15, 0.2) is 0 Å². The van der Waals surface area contributed by atoms with Gasteiger partial charge in [0.05, 0.1) is 18.8 Å². The average molecular weight is 214 g/mol. The lowest BCUT2D eigenvalue weighted by atomic mass is 10.2. The van der Waals surface area contributed by atoms with Crippen molar-refractivity contribution in [1.29, 1.82) is 0 Å². The van der Waals surface area contributed by atoms with Crippen molar-refractivity contribution in [3.8, 4) is 0 Å². The fourth-order valence-corrected chi connectivity index (χ4v) is 1.81. The number of rotatable bonds is 5. The molecule has 0 radical (unpaired) electrons.